The van der Waals surface area contributed by atoms with Gasteiger partial charge in [-0.05, 0) is 6.07 Å². The highest BCUT2D eigenvalue weighted by molar-refractivity contribution is 5.46. The summed E-state index contributed by atoms with van der Waals surface area (Å²) in [5, 5.41) is 18.6. The Morgan fingerprint density at radius 3 is 2.93 bits per heavy atom. The quantitative estimate of drug-likeness (QED) is 0.678. The largest absolute Gasteiger partial charge is 0.396 e. The van der Waals surface area contributed by atoms with Crippen molar-refractivity contribution in [3.8, 4) is 0 Å². The lowest BCUT2D eigenvalue weighted by Crippen LogP contribution is -2.21. The van der Waals surface area contributed by atoms with Gasteiger partial charge < -0.3 is 15.1 Å². The minimum absolute atomic E-state index is 0.0504. The predicted octanol–water partition coefficient (Wildman–Crippen LogP) is 0.0101. The lowest BCUT2D eigenvalue weighted by molar-refractivity contribution is 0.104. The second-order valence-electron chi connectivity index (χ2n) is 3.75. The number of halogens is 1. The van der Waals surface area contributed by atoms with Crippen molar-refractivity contribution in [1.82, 2.24) is 4.98 Å². The van der Waals surface area contributed by atoms with E-state index in [0.29, 0.717) is 18.8 Å². The van der Waals surface area contributed by atoms with Crippen molar-refractivity contribution < 1.29 is 14.6 Å². The number of pyridine rings is 1. The summed E-state index contributed by atoms with van der Waals surface area (Å²) in [6.07, 6.45) is 0.842. The van der Waals surface area contributed by atoms with Crippen LogP contribution in [0, 0.1) is 11.9 Å². The molecule has 0 saturated carbocycles. The summed E-state index contributed by atoms with van der Waals surface area (Å²) < 4.78 is 12.8. The Hall–Kier alpha value is -1.20. The van der Waals surface area contributed by atoms with Gasteiger partial charge in [0.2, 0.25) is 5.95 Å². The molecule has 2 atom stereocenters. The van der Waals surface area contributed by atoms with Gasteiger partial charge in [-0.15, -0.1) is 0 Å². The first-order valence-electron chi connectivity index (χ1n) is 4.86. The van der Waals surface area contributed by atoms with Crippen LogP contribution < -0.4 is 4.90 Å². The van der Waals surface area contributed by atoms with Gasteiger partial charge in [0.15, 0.2) is 0 Å². The minimum atomic E-state index is -0.550. The topological polar surface area (TPSA) is 56.6 Å². The fourth-order valence-electron chi connectivity index (χ4n) is 1.83. The van der Waals surface area contributed by atoms with Gasteiger partial charge in [-0.2, -0.15) is 4.39 Å². The average Bonchev–Trinajstić information content (AvgIpc) is 2.60. The SMILES string of the molecule is OCC1CN(c2ccnc(F)c2)CC1O. The Bertz CT molecular complexity index is 348. The maximum Gasteiger partial charge on any atom is 0.214 e. The van der Waals surface area contributed by atoms with Crippen LogP contribution in [0.1, 0.15) is 0 Å². The molecule has 0 spiro atoms. The molecule has 0 amide bonds. The van der Waals surface area contributed by atoms with Crippen LogP contribution in [0.4, 0.5) is 10.1 Å². The van der Waals surface area contributed by atoms with Gasteiger partial charge in [0.25, 0.3) is 0 Å². The summed E-state index contributed by atoms with van der Waals surface area (Å²) in [6.45, 7) is 0.918. The number of aromatic nitrogens is 1. The molecule has 0 aliphatic carbocycles. The molecule has 1 aliphatic heterocycles. The number of rotatable bonds is 2. The normalized spacial score (nSPS) is 25.9. The molecule has 1 aromatic heterocycles. The van der Waals surface area contributed by atoms with Crippen molar-refractivity contribution in [2.75, 3.05) is 24.6 Å². The van der Waals surface area contributed by atoms with Crippen LogP contribution in [-0.2, 0) is 0 Å². The van der Waals surface area contributed by atoms with Crippen LogP contribution in [-0.4, -0.2) is 41.0 Å². The summed E-state index contributed by atoms with van der Waals surface area (Å²) in [6, 6.07) is 3.02. The molecule has 2 unspecified atom stereocenters. The lowest BCUT2D eigenvalue weighted by atomic mass is 10.1. The van der Waals surface area contributed by atoms with E-state index in [1.807, 2.05) is 4.90 Å². The van der Waals surface area contributed by atoms with E-state index in [1.54, 1.807) is 6.07 Å². The number of aliphatic hydroxyl groups excluding tert-OH is 2. The molecule has 2 N–H and O–H groups in total. The number of nitrogens with zero attached hydrogens (tertiary/aromatic N) is 2. The van der Waals surface area contributed by atoms with Crippen LogP contribution in [0.25, 0.3) is 0 Å². The highest BCUT2D eigenvalue weighted by Gasteiger charge is 2.30. The maximum atomic E-state index is 12.8. The molecular weight excluding hydrogens is 199 g/mol. The van der Waals surface area contributed by atoms with Gasteiger partial charge in [0, 0.05) is 37.0 Å². The molecule has 1 aliphatic rings. The monoisotopic (exact) mass is 212 g/mol. The first-order chi connectivity index (χ1) is 7.20. The fraction of sp³-hybridized carbons (Fsp3) is 0.500. The van der Waals surface area contributed by atoms with Crippen LogP contribution in [0.3, 0.4) is 0 Å². The van der Waals surface area contributed by atoms with Gasteiger partial charge in [0.05, 0.1) is 12.7 Å². The molecule has 2 heterocycles. The smallest absolute Gasteiger partial charge is 0.214 e. The Balaban J connectivity index is 2.13. The lowest BCUT2D eigenvalue weighted by Gasteiger charge is -2.17. The summed E-state index contributed by atoms with van der Waals surface area (Å²) in [5.41, 5.74) is 0.692. The second kappa shape index (κ2) is 4.12. The summed E-state index contributed by atoms with van der Waals surface area (Å²) >= 11 is 0. The van der Waals surface area contributed by atoms with Crippen molar-refractivity contribution >= 4 is 5.69 Å². The van der Waals surface area contributed by atoms with E-state index < -0.39 is 12.1 Å². The zero-order valence-electron chi connectivity index (χ0n) is 8.17. The molecule has 2 rings (SSSR count). The van der Waals surface area contributed by atoms with Gasteiger partial charge in [-0.25, -0.2) is 4.98 Å². The van der Waals surface area contributed by atoms with Crippen molar-refractivity contribution in [2.24, 2.45) is 5.92 Å². The minimum Gasteiger partial charge on any atom is -0.396 e. The Morgan fingerprint density at radius 1 is 1.53 bits per heavy atom. The first-order valence-corrected chi connectivity index (χ1v) is 4.86. The summed E-state index contributed by atoms with van der Waals surface area (Å²) in [7, 11) is 0. The van der Waals surface area contributed by atoms with Crippen molar-refractivity contribution in [2.45, 2.75) is 6.10 Å². The number of hydrogen-bond donors (Lipinski definition) is 2. The van der Waals surface area contributed by atoms with E-state index in [1.165, 1.54) is 12.3 Å². The third-order valence-corrected chi connectivity index (χ3v) is 2.72. The number of hydrogen-bond acceptors (Lipinski definition) is 4. The average molecular weight is 212 g/mol. The predicted molar refractivity (Wildman–Crippen MR) is 53.0 cm³/mol. The van der Waals surface area contributed by atoms with Gasteiger partial charge in [0.1, 0.15) is 0 Å². The van der Waals surface area contributed by atoms with Gasteiger partial charge in [-0.1, -0.05) is 0 Å². The number of aliphatic hydroxyl groups is 2. The second-order valence-corrected chi connectivity index (χ2v) is 3.75. The molecule has 0 bridgehead atoms. The first kappa shape index (κ1) is 10.3. The van der Waals surface area contributed by atoms with Gasteiger partial charge >= 0.3 is 0 Å². The zero-order chi connectivity index (χ0) is 10.8. The van der Waals surface area contributed by atoms with Crippen molar-refractivity contribution in [3.63, 3.8) is 0 Å². The van der Waals surface area contributed by atoms with E-state index >= 15 is 0 Å². The third kappa shape index (κ3) is 2.08. The maximum absolute atomic E-state index is 12.8. The van der Waals surface area contributed by atoms with E-state index in [4.69, 9.17) is 5.11 Å². The molecule has 15 heavy (non-hydrogen) atoms. The van der Waals surface area contributed by atoms with E-state index in [2.05, 4.69) is 4.98 Å². The third-order valence-electron chi connectivity index (χ3n) is 2.72. The molecule has 0 aromatic carbocycles. The number of β-amino-alcohol motifs (C(OH)–C–C–N with tert-alkyl or cyclic N) is 1. The van der Waals surface area contributed by atoms with E-state index in [-0.39, 0.29) is 12.5 Å². The molecule has 1 saturated heterocycles. The van der Waals surface area contributed by atoms with Crippen LogP contribution in [0.2, 0.25) is 0 Å². The Kier molecular flexibility index (Phi) is 2.83. The highest BCUT2D eigenvalue weighted by atomic mass is 19.1. The van der Waals surface area contributed by atoms with Crippen LogP contribution in [0.15, 0.2) is 18.3 Å². The molecule has 82 valence electrons. The highest BCUT2D eigenvalue weighted by Crippen LogP contribution is 2.23. The van der Waals surface area contributed by atoms with E-state index in [9.17, 15) is 9.50 Å². The van der Waals surface area contributed by atoms with Crippen molar-refractivity contribution in [1.29, 1.82) is 0 Å². The standard InChI is InChI=1S/C10H13FN2O2/c11-10-3-8(1-2-12-10)13-4-7(6-14)9(15)5-13/h1-3,7,9,14-15H,4-6H2. The molecule has 4 nitrogen and oxygen atoms in total. The van der Waals surface area contributed by atoms with Gasteiger partial charge in [-0.3, -0.25) is 0 Å². The Morgan fingerprint density at radius 2 is 2.33 bits per heavy atom. The van der Waals surface area contributed by atoms with Crippen LogP contribution >= 0.6 is 0 Å². The Labute approximate surface area is 87.0 Å². The zero-order valence-corrected chi connectivity index (χ0v) is 8.17. The summed E-state index contributed by atoms with van der Waals surface area (Å²) in [4.78, 5) is 5.31. The molecular formula is C10H13FN2O2. The molecule has 5 heteroatoms. The number of anilines is 1. The van der Waals surface area contributed by atoms with Crippen molar-refractivity contribution in [3.05, 3.63) is 24.3 Å². The van der Waals surface area contributed by atoms with E-state index in [0.717, 1.165) is 0 Å². The molecule has 1 aromatic rings. The van der Waals surface area contributed by atoms with Crippen LogP contribution in [0.5, 0.6) is 0 Å². The fourth-order valence-corrected chi connectivity index (χ4v) is 1.83. The molecule has 0 radical (unpaired) electrons. The molecule has 1 fully saturated rings. The summed E-state index contributed by atoms with van der Waals surface area (Å²) in [5.74, 6) is -0.685.